The fourth-order valence-corrected chi connectivity index (χ4v) is 25.2. The molecule has 0 fully saturated rings. The summed E-state index contributed by atoms with van der Waals surface area (Å²) in [7, 11) is 0. The van der Waals surface area contributed by atoms with Gasteiger partial charge in [0.2, 0.25) is 0 Å². The summed E-state index contributed by atoms with van der Waals surface area (Å²) < 4.78 is 7.15. The van der Waals surface area contributed by atoms with Gasteiger partial charge < -0.3 is 4.57 Å². The lowest BCUT2D eigenvalue weighted by Crippen LogP contribution is -2.28. The number of hydrogen-bond acceptors (Lipinski definition) is 4. The number of rotatable bonds is 15. The molecular formula is C143H95N7. The van der Waals surface area contributed by atoms with Crippen LogP contribution in [0.4, 0.5) is 0 Å². The lowest BCUT2D eigenvalue weighted by atomic mass is 9.66. The molecule has 702 valence electrons. The van der Waals surface area contributed by atoms with E-state index in [1.165, 1.54) is 143 Å². The van der Waals surface area contributed by atoms with Gasteiger partial charge in [0.1, 0.15) is 11.6 Å². The Kier molecular flexibility index (Phi) is 21.5. The molecule has 6 heterocycles. The maximum atomic E-state index is 5.41. The van der Waals surface area contributed by atoms with E-state index in [0.717, 1.165) is 101 Å². The van der Waals surface area contributed by atoms with Crippen molar-refractivity contribution < 1.29 is 0 Å². The second kappa shape index (κ2) is 36.6. The van der Waals surface area contributed by atoms with E-state index in [9.17, 15) is 0 Å². The quantitative estimate of drug-likeness (QED) is 0.103. The summed E-state index contributed by atoms with van der Waals surface area (Å²) >= 11 is 0. The van der Waals surface area contributed by atoms with Crippen molar-refractivity contribution in [2.75, 3.05) is 0 Å². The third kappa shape index (κ3) is 14.0. The summed E-state index contributed by atoms with van der Waals surface area (Å²) in [5.74, 6) is 2.43. The highest BCUT2D eigenvalue weighted by molar-refractivity contribution is 6.16. The Hall–Kier alpha value is -19.6. The van der Waals surface area contributed by atoms with Gasteiger partial charge in [0.15, 0.2) is 5.82 Å². The highest BCUT2D eigenvalue weighted by Gasteiger charge is 2.51. The van der Waals surface area contributed by atoms with Crippen LogP contribution in [0.2, 0.25) is 0 Å². The van der Waals surface area contributed by atoms with E-state index in [1.54, 1.807) is 0 Å². The molecule has 0 atom stereocenters. The average Bonchev–Trinajstić information content (AvgIpc) is 1.53. The molecule has 0 radical (unpaired) electrons. The molecule has 30 rings (SSSR count). The number of hydrogen-bond donors (Lipinski definition) is 0. The molecule has 0 unspecified atom stereocenters. The van der Waals surface area contributed by atoms with Crippen molar-refractivity contribution in [3.63, 3.8) is 0 Å². The molecule has 0 aliphatic heterocycles. The van der Waals surface area contributed by atoms with E-state index >= 15 is 0 Å². The van der Waals surface area contributed by atoms with Crippen LogP contribution in [0, 0.1) is 0 Å². The molecule has 0 N–H and O–H groups in total. The predicted molar refractivity (Wildman–Crippen MR) is 618 cm³/mol. The number of aromatic nitrogens is 7. The fourth-order valence-electron chi connectivity index (χ4n) is 25.2. The van der Waals surface area contributed by atoms with E-state index in [0.29, 0.717) is 5.82 Å². The summed E-state index contributed by atoms with van der Waals surface area (Å²) in [6.45, 7) is 0. The lowest BCUT2D eigenvalue weighted by molar-refractivity contribution is 0.777. The van der Waals surface area contributed by atoms with E-state index in [1.807, 2.05) is 24.3 Å². The van der Waals surface area contributed by atoms with Crippen molar-refractivity contribution in [2.24, 2.45) is 0 Å². The first-order valence-electron chi connectivity index (χ1n) is 51.6. The van der Waals surface area contributed by atoms with E-state index in [-0.39, 0.29) is 0 Å². The van der Waals surface area contributed by atoms with Gasteiger partial charge in [-0.05, 0) is 172 Å². The minimum atomic E-state index is -0.529. The zero-order valence-electron chi connectivity index (χ0n) is 82.0. The van der Waals surface area contributed by atoms with Crippen molar-refractivity contribution in [1.82, 2.24) is 33.6 Å². The SMILES string of the molecule is c1ccc(-c2cc(-c3ccccc3)nc(-n3c4ccccc4c4c(C5(c6ccccc6)c6ccccc6-c6ccccc65)cccc43)c2)cc1.c1ccc(-c2cc(-n3c4ccccc4c4c(C5(c6ccccc6)c6ccccc6-c6ccccc65)cccc43)cc(-c3ccccc3)n2)cc1.c1ccc(-c2cc(-n3c4ccccc4c4c(C5(c6ccccc6)c6ccccc6-c6ccccc65)cccc43)nc(-c3ccccc3)n2)cc1. The molecule has 0 saturated carbocycles. The number of pyridine rings is 2. The van der Waals surface area contributed by atoms with Crippen molar-refractivity contribution in [2.45, 2.75) is 16.2 Å². The van der Waals surface area contributed by atoms with Crippen molar-refractivity contribution in [3.05, 3.63) is 643 Å². The third-order valence-electron chi connectivity index (χ3n) is 31.3. The standard InChI is InChI=1S/2C48H32N2.C47H31N3/c1-4-17-33(18-5-1)35-31-43(34-19-6-2-7-20-34)49-46(32-35)50-44-29-15-12-25-39(44)47-42(28-16-30-45(47)50)48(36-21-8-3-9-22-36)40-26-13-10-23-37(40)38-24-11-14-27-41(38)48;1-4-17-33(18-5-1)43-31-36(32-44(49-43)34-19-6-2-7-20-34)50-45-29-15-12-25-39(45)47-42(28-16-30-46(47)50)48(35-21-8-3-9-22-35)40-26-13-10-23-37(40)38-24-11-14-27-41(38)48;1-4-17-32(18-5-1)41-31-44(49-46(48-41)33-19-6-2-7-20-33)50-42-29-15-12-25-37(42)45-40(28-16-30-43(45)50)47(34-21-8-3-9-22-34)38-26-13-10-23-35(38)36-24-11-14-27-39(36)47/h2*1-32H;1-31H. The Bertz CT molecular complexity index is 8660. The zero-order chi connectivity index (χ0) is 99.2. The maximum absolute atomic E-state index is 5.41. The van der Waals surface area contributed by atoms with Gasteiger partial charge in [-0.15, -0.1) is 0 Å². The van der Waals surface area contributed by atoms with E-state index in [2.05, 4.69) is 566 Å². The predicted octanol–water partition coefficient (Wildman–Crippen LogP) is 35.0. The molecule has 150 heavy (non-hydrogen) atoms. The average molecular weight is 1910 g/mol. The molecule has 3 aliphatic rings. The van der Waals surface area contributed by atoms with Crippen LogP contribution in [-0.4, -0.2) is 33.6 Å². The summed E-state index contributed by atoms with van der Waals surface area (Å²) in [6, 6.07) is 208. The Morgan fingerprint density at radius 3 is 0.720 bits per heavy atom. The molecule has 27 aromatic rings. The van der Waals surface area contributed by atoms with E-state index in [4.69, 9.17) is 19.9 Å². The first-order chi connectivity index (χ1) is 74.5. The Morgan fingerprint density at radius 1 is 0.147 bits per heavy atom. The molecule has 0 saturated heterocycles. The van der Waals surface area contributed by atoms with Crippen molar-refractivity contribution in [1.29, 1.82) is 0 Å². The van der Waals surface area contributed by atoms with Crippen LogP contribution in [0.1, 0.15) is 66.8 Å². The summed E-state index contributed by atoms with van der Waals surface area (Å²) in [5, 5.41) is 7.36. The minimum absolute atomic E-state index is 0.508. The van der Waals surface area contributed by atoms with Crippen LogP contribution in [0.25, 0.3) is 184 Å². The first-order valence-corrected chi connectivity index (χ1v) is 51.6. The highest BCUT2D eigenvalue weighted by Crippen LogP contribution is 2.63. The molecule has 0 bridgehead atoms. The fraction of sp³-hybridized carbons (Fsp3) is 0.0210. The zero-order valence-corrected chi connectivity index (χ0v) is 82.0. The van der Waals surface area contributed by atoms with Gasteiger partial charge in [-0.3, -0.25) is 9.13 Å². The number of nitrogens with zero attached hydrogens (tertiary/aromatic N) is 7. The summed E-state index contributed by atoms with van der Waals surface area (Å²) in [5.41, 5.74) is 40.9. The highest BCUT2D eigenvalue weighted by atomic mass is 15.1. The molecule has 0 amide bonds. The molecule has 0 spiro atoms. The number of fused-ring (bicyclic) bond motifs is 18. The molecule has 7 nitrogen and oxygen atoms in total. The second-order valence-corrected chi connectivity index (χ2v) is 39.1. The normalized spacial score (nSPS) is 13.0. The minimum Gasteiger partial charge on any atom is -0.309 e. The topological polar surface area (TPSA) is 66.3 Å². The summed E-state index contributed by atoms with van der Waals surface area (Å²) in [4.78, 5) is 21.0. The van der Waals surface area contributed by atoms with Gasteiger partial charge in [0.05, 0.1) is 77.8 Å². The first kappa shape index (κ1) is 88.1. The van der Waals surface area contributed by atoms with Crippen LogP contribution in [0.5, 0.6) is 0 Å². The Labute approximate surface area is 870 Å². The van der Waals surface area contributed by atoms with Gasteiger partial charge >= 0.3 is 0 Å². The molecular weight excluding hydrogens is 1820 g/mol. The van der Waals surface area contributed by atoms with Crippen LogP contribution in [0.15, 0.2) is 576 Å². The number of benzene rings is 21. The van der Waals surface area contributed by atoms with Gasteiger partial charge in [0, 0.05) is 66.2 Å². The molecule has 3 aliphatic carbocycles. The van der Waals surface area contributed by atoms with Crippen LogP contribution < -0.4 is 0 Å². The maximum Gasteiger partial charge on any atom is 0.162 e. The van der Waals surface area contributed by atoms with Crippen LogP contribution in [-0.2, 0) is 16.2 Å². The van der Waals surface area contributed by atoms with Gasteiger partial charge in [-0.2, -0.15) is 0 Å². The third-order valence-corrected chi connectivity index (χ3v) is 31.3. The van der Waals surface area contributed by atoms with Crippen molar-refractivity contribution >= 4 is 65.4 Å². The largest absolute Gasteiger partial charge is 0.309 e. The van der Waals surface area contributed by atoms with Crippen molar-refractivity contribution in [3.8, 4) is 118 Å². The van der Waals surface area contributed by atoms with Gasteiger partial charge in [-0.25, -0.2) is 19.9 Å². The smallest absolute Gasteiger partial charge is 0.162 e. The van der Waals surface area contributed by atoms with Gasteiger partial charge in [-0.1, -0.05) is 510 Å². The lowest BCUT2D eigenvalue weighted by Gasteiger charge is -2.34. The Balaban J connectivity index is 0.000000108. The van der Waals surface area contributed by atoms with E-state index < -0.39 is 16.2 Å². The molecule has 21 aromatic carbocycles. The van der Waals surface area contributed by atoms with Gasteiger partial charge in [0.25, 0.3) is 0 Å². The summed E-state index contributed by atoms with van der Waals surface area (Å²) in [6.07, 6.45) is 0. The van der Waals surface area contributed by atoms with Crippen LogP contribution in [0.3, 0.4) is 0 Å². The molecule has 7 heteroatoms. The van der Waals surface area contributed by atoms with Crippen LogP contribution >= 0.6 is 0 Å². The number of para-hydroxylation sites is 3. The molecule has 6 aromatic heterocycles. The Morgan fingerprint density at radius 2 is 0.387 bits per heavy atom. The monoisotopic (exact) mass is 1910 g/mol. The second-order valence-electron chi connectivity index (χ2n) is 39.1.